The topological polar surface area (TPSA) is 46.5 Å². The molecule has 3 nitrogen and oxygen atoms in total. The quantitative estimate of drug-likeness (QED) is 0.536. The fraction of sp³-hybridized carbons (Fsp3) is 0.364. The van der Waals surface area contributed by atoms with Crippen LogP contribution >= 0.6 is 0 Å². The van der Waals surface area contributed by atoms with Gasteiger partial charge in [0.1, 0.15) is 18.0 Å². The summed E-state index contributed by atoms with van der Waals surface area (Å²) >= 11 is 0. The summed E-state index contributed by atoms with van der Waals surface area (Å²) in [7, 11) is 0. The zero-order chi connectivity index (χ0) is 10.4. The number of aliphatic hydroxyl groups excluding tert-OH is 1. The highest BCUT2D eigenvalue weighted by Gasteiger charge is 2.33. The molecule has 14 heavy (non-hydrogen) atoms. The third-order valence-corrected chi connectivity index (χ3v) is 2.05. The molecule has 1 rings (SSSR count). The molecule has 0 spiro atoms. The van der Waals surface area contributed by atoms with Crippen LogP contribution in [-0.2, 0) is 9.53 Å². The van der Waals surface area contributed by atoms with E-state index in [0.29, 0.717) is 12.9 Å². The SMILES string of the molecule is CCOC1(C=CC=O)C=CC=CC1O. The molecule has 3 heteroatoms. The summed E-state index contributed by atoms with van der Waals surface area (Å²) in [5, 5.41) is 9.75. The van der Waals surface area contributed by atoms with E-state index in [4.69, 9.17) is 4.74 Å². The molecule has 0 bridgehead atoms. The molecule has 0 saturated heterocycles. The van der Waals surface area contributed by atoms with E-state index in [0.717, 1.165) is 0 Å². The van der Waals surface area contributed by atoms with Gasteiger partial charge in [0.25, 0.3) is 0 Å². The summed E-state index contributed by atoms with van der Waals surface area (Å²) in [6, 6.07) is 0. The second-order valence-corrected chi connectivity index (χ2v) is 2.97. The lowest BCUT2D eigenvalue weighted by molar-refractivity contribution is -0.104. The van der Waals surface area contributed by atoms with Crippen LogP contribution in [0.3, 0.4) is 0 Å². The van der Waals surface area contributed by atoms with Gasteiger partial charge in [-0.25, -0.2) is 0 Å². The molecule has 1 aliphatic rings. The molecule has 1 aliphatic carbocycles. The van der Waals surface area contributed by atoms with Gasteiger partial charge in [0.15, 0.2) is 0 Å². The molecule has 2 atom stereocenters. The maximum Gasteiger partial charge on any atom is 0.142 e. The number of carbonyl (C=O) groups excluding carboxylic acids is 1. The van der Waals surface area contributed by atoms with Crippen LogP contribution < -0.4 is 0 Å². The van der Waals surface area contributed by atoms with Gasteiger partial charge in [0.2, 0.25) is 0 Å². The predicted molar refractivity (Wildman–Crippen MR) is 53.8 cm³/mol. The molecule has 2 unspecified atom stereocenters. The van der Waals surface area contributed by atoms with Gasteiger partial charge in [-0.15, -0.1) is 0 Å². The van der Waals surface area contributed by atoms with Crippen molar-refractivity contribution in [3.8, 4) is 0 Å². The highest BCUT2D eigenvalue weighted by atomic mass is 16.5. The number of aliphatic hydroxyl groups is 1. The van der Waals surface area contributed by atoms with Crippen LogP contribution in [0.4, 0.5) is 0 Å². The summed E-state index contributed by atoms with van der Waals surface area (Å²) in [5.41, 5.74) is -0.885. The van der Waals surface area contributed by atoms with Crippen LogP contribution in [0.1, 0.15) is 6.92 Å². The van der Waals surface area contributed by atoms with Crippen molar-refractivity contribution < 1.29 is 14.6 Å². The zero-order valence-corrected chi connectivity index (χ0v) is 8.09. The zero-order valence-electron chi connectivity index (χ0n) is 8.09. The lowest BCUT2D eigenvalue weighted by Gasteiger charge is -2.32. The Hall–Kier alpha value is -1.19. The first-order valence-electron chi connectivity index (χ1n) is 4.56. The number of rotatable bonds is 4. The minimum Gasteiger partial charge on any atom is -0.385 e. The van der Waals surface area contributed by atoms with Crippen molar-refractivity contribution in [2.45, 2.75) is 18.6 Å². The highest BCUT2D eigenvalue weighted by Crippen LogP contribution is 2.24. The second kappa shape index (κ2) is 4.88. The Morgan fingerprint density at radius 3 is 2.93 bits per heavy atom. The summed E-state index contributed by atoms with van der Waals surface area (Å²) in [6.07, 6.45) is 9.72. The van der Waals surface area contributed by atoms with Gasteiger partial charge < -0.3 is 9.84 Å². The first kappa shape index (κ1) is 10.9. The normalized spacial score (nSPS) is 31.1. The molecule has 0 aromatic rings. The van der Waals surface area contributed by atoms with Crippen molar-refractivity contribution >= 4 is 6.29 Å². The van der Waals surface area contributed by atoms with E-state index in [2.05, 4.69) is 0 Å². The van der Waals surface area contributed by atoms with E-state index < -0.39 is 11.7 Å². The molecule has 0 saturated carbocycles. The van der Waals surface area contributed by atoms with Crippen molar-refractivity contribution in [3.05, 3.63) is 36.5 Å². The maximum absolute atomic E-state index is 10.2. The van der Waals surface area contributed by atoms with E-state index in [1.54, 1.807) is 30.4 Å². The second-order valence-electron chi connectivity index (χ2n) is 2.97. The van der Waals surface area contributed by atoms with Crippen LogP contribution in [0.2, 0.25) is 0 Å². The van der Waals surface area contributed by atoms with Crippen LogP contribution in [0.5, 0.6) is 0 Å². The monoisotopic (exact) mass is 194 g/mol. The Morgan fingerprint density at radius 2 is 2.36 bits per heavy atom. The average Bonchev–Trinajstić information content (AvgIpc) is 2.20. The van der Waals surface area contributed by atoms with Gasteiger partial charge in [-0.2, -0.15) is 0 Å². The van der Waals surface area contributed by atoms with Gasteiger partial charge in [-0.05, 0) is 25.2 Å². The number of hydrogen-bond acceptors (Lipinski definition) is 3. The highest BCUT2D eigenvalue weighted by molar-refractivity contribution is 5.65. The molecule has 76 valence electrons. The smallest absolute Gasteiger partial charge is 0.142 e. The van der Waals surface area contributed by atoms with Crippen molar-refractivity contribution in [3.63, 3.8) is 0 Å². The van der Waals surface area contributed by atoms with Crippen molar-refractivity contribution in [2.75, 3.05) is 6.61 Å². The third-order valence-electron chi connectivity index (χ3n) is 2.05. The Morgan fingerprint density at radius 1 is 1.57 bits per heavy atom. The fourth-order valence-corrected chi connectivity index (χ4v) is 1.40. The van der Waals surface area contributed by atoms with E-state index in [-0.39, 0.29) is 0 Å². The van der Waals surface area contributed by atoms with Gasteiger partial charge in [-0.1, -0.05) is 18.2 Å². The Balaban J connectivity index is 2.90. The summed E-state index contributed by atoms with van der Waals surface area (Å²) < 4.78 is 5.45. The number of carbonyl (C=O) groups is 1. The average molecular weight is 194 g/mol. The van der Waals surface area contributed by atoms with E-state index in [1.807, 2.05) is 6.92 Å². The van der Waals surface area contributed by atoms with Crippen molar-refractivity contribution in [1.29, 1.82) is 0 Å². The lowest BCUT2D eigenvalue weighted by Crippen LogP contribution is -2.41. The molecule has 0 aliphatic heterocycles. The van der Waals surface area contributed by atoms with Crippen molar-refractivity contribution in [1.82, 2.24) is 0 Å². The molecule has 0 aromatic heterocycles. The number of ether oxygens (including phenoxy) is 1. The van der Waals surface area contributed by atoms with Crippen LogP contribution in [0.15, 0.2) is 36.5 Å². The van der Waals surface area contributed by atoms with Crippen LogP contribution in [0.25, 0.3) is 0 Å². The molecular weight excluding hydrogens is 180 g/mol. The van der Waals surface area contributed by atoms with E-state index >= 15 is 0 Å². The standard InChI is InChI=1S/C11H14O3/c1-2-14-11(8-5-9-12)7-4-3-6-10(11)13/h3-10,13H,2H2,1H3. The first-order valence-corrected chi connectivity index (χ1v) is 4.56. The fourth-order valence-electron chi connectivity index (χ4n) is 1.40. The lowest BCUT2D eigenvalue weighted by atomic mass is 9.91. The minimum atomic E-state index is -0.885. The van der Waals surface area contributed by atoms with Gasteiger partial charge in [-0.3, -0.25) is 4.79 Å². The maximum atomic E-state index is 10.2. The number of allylic oxidation sites excluding steroid dienone is 3. The molecule has 0 fully saturated rings. The summed E-state index contributed by atoms with van der Waals surface area (Å²) in [6.45, 7) is 2.31. The Bertz CT molecular complexity index is 278. The summed E-state index contributed by atoms with van der Waals surface area (Å²) in [5.74, 6) is 0. The molecule has 0 heterocycles. The minimum absolute atomic E-state index is 0.471. The number of aldehydes is 1. The van der Waals surface area contributed by atoms with Gasteiger partial charge in [0, 0.05) is 6.61 Å². The molecule has 1 N–H and O–H groups in total. The number of hydrogen-bond donors (Lipinski definition) is 1. The van der Waals surface area contributed by atoms with Crippen molar-refractivity contribution in [2.24, 2.45) is 0 Å². The largest absolute Gasteiger partial charge is 0.385 e. The first-order chi connectivity index (χ1) is 6.75. The van der Waals surface area contributed by atoms with Gasteiger partial charge >= 0.3 is 0 Å². The van der Waals surface area contributed by atoms with E-state index in [1.165, 1.54) is 6.08 Å². The Labute approximate surface area is 83.4 Å². The van der Waals surface area contributed by atoms with Gasteiger partial charge in [0.05, 0.1) is 0 Å². The predicted octanol–water partition coefficient (Wildman–Crippen LogP) is 1.00. The Kier molecular flexibility index (Phi) is 3.80. The van der Waals surface area contributed by atoms with Crippen LogP contribution in [0, 0.1) is 0 Å². The molecule has 0 amide bonds. The van der Waals surface area contributed by atoms with Crippen LogP contribution in [-0.4, -0.2) is 29.7 Å². The summed E-state index contributed by atoms with van der Waals surface area (Å²) in [4.78, 5) is 10.2. The molecule has 0 radical (unpaired) electrons. The molecular formula is C11H14O3. The third kappa shape index (κ3) is 2.19. The molecule has 0 aromatic carbocycles. The van der Waals surface area contributed by atoms with E-state index in [9.17, 15) is 9.90 Å².